The molecule has 0 unspecified atom stereocenters. The fourth-order valence-electron chi connectivity index (χ4n) is 1.49. The molecule has 14 heavy (non-hydrogen) atoms. The van der Waals surface area contributed by atoms with E-state index in [0.717, 1.165) is 11.3 Å². The molecule has 4 nitrogen and oxygen atoms in total. The van der Waals surface area contributed by atoms with Gasteiger partial charge in [-0.1, -0.05) is 0 Å². The number of carbonyl (C=O) groups is 1. The number of dihydropyridines is 1. The maximum Gasteiger partial charge on any atom is 0.335 e. The van der Waals surface area contributed by atoms with E-state index in [1.807, 2.05) is 6.08 Å². The van der Waals surface area contributed by atoms with E-state index in [-0.39, 0.29) is 5.97 Å². The van der Waals surface area contributed by atoms with Gasteiger partial charge in [0, 0.05) is 12.8 Å². The maximum atomic E-state index is 11.4. The number of allylic oxidation sites excluding steroid dienone is 1. The van der Waals surface area contributed by atoms with Crippen molar-refractivity contribution in [1.29, 1.82) is 0 Å². The molecule has 2 aliphatic rings. The van der Waals surface area contributed by atoms with Crippen molar-refractivity contribution in [2.75, 3.05) is 19.7 Å². The summed E-state index contributed by atoms with van der Waals surface area (Å²) in [5, 5.41) is 3.13. The van der Waals surface area contributed by atoms with E-state index in [2.05, 4.69) is 10.3 Å². The molecule has 0 aromatic carbocycles. The lowest BCUT2D eigenvalue weighted by Crippen LogP contribution is -2.26. The fraction of sp³-hybridized carbons (Fsp3) is 0.400. The van der Waals surface area contributed by atoms with Crippen molar-refractivity contribution in [3.63, 3.8) is 0 Å². The molecule has 4 heteroatoms. The Labute approximate surface area is 82.4 Å². The first-order chi connectivity index (χ1) is 6.81. The summed E-state index contributed by atoms with van der Waals surface area (Å²) in [7, 11) is 0. The molecule has 74 valence electrons. The molecule has 2 heterocycles. The van der Waals surface area contributed by atoms with E-state index < -0.39 is 0 Å². The highest BCUT2D eigenvalue weighted by molar-refractivity contribution is 5.92. The van der Waals surface area contributed by atoms with Gasteiger partial charge < -0.3 is 10.1 Å². The van der Waals surface area contributed by atoms with Crippen molar-refractivity contribution < 1.29 is 9.53 Å². The molecule has 0 fully saturated rings. The van der Waals surface area contributed by atoms with Crippen molar-refractivity contribution in [2.24, 2.45) is 4.99 Å². The smallest absolute Gasteiger partial charge is 0.335 e. The van der Waals surface area contributed by atoms with Gasteiger partial charge in [0.2, 0.25) is 0 Å². The van der Waals surface area contributed by atoms with Crippen LogP contribution in [0.3, 0.4) is 0 Å². The van der Waals surface area contributed by atoms with Crippen molar-refractivity contribution in [2.45, 2.75) is 6.92 Å². The van der Waals surface area contributed by atoms with Crippen LogP contribution in [0.25, 0.3) is 0 Å². The number of nitrogens with zero attached hydrogens (tertiary/aromatic N) is 1. The van der Waals surface area contributed by atoms with Crippen LogP contribution in [0.15, 0.2) is 27.9 Å². The van der Waals surface area contributed by atoms with Gasteiger partial charge in [-0.15, -0.1) is 0 Å². The molecule has 2 rings (SSSR count). The number of rotatable bonds is 2. The Bertz CT molecular complexity index is 353. The number of nitrogens with one attached hydrogen (secondary N) is 1. The minimum absolute atomic E-state index is 0.238. The van der Waals surface area contributed by atoms with Gasteiger partial charge >= 0.3 is 5.97 Å². The standard InChI is InChI=1S/C10H12N2O2/c1-2-14-10(13)8-3-7-4-11-6-9(7)12-5-8/h3,6,12H,2,4-5H2,1H3. The monoisotopic (exact) mass is 192 g/mol. The number of aliphatic imine (C=N–C) groups is 1. The van der Waals surface area contributed by atoms with Gasteiger partial charge in [0.15, 0.2) is 0 Å². The summed E-state index contributed by atoms with van der Waals surface area (Å²) in [4.78, 5) is 15.5. The number of carbonyl (C=O) groups excluding carboxylic acids is 1. The zero-order valence-electron chi connectivity index (χ0n) is 8.04. The third-order valence-electron chi connectivity index (χ3n) is 2.18. The van der Waals surface area contributed by atoms with E-state index in [1.54, 1.807) is 13.1 Å². The summed E-state index contributed by atoms with van der Waals surface area (Å²) in [5.41, 5.74) is 2.77. The second kappa shape index (κ2) is 3.65. The quantitative estimate of drug-likeness (QED) is 0.645. The van der Waals surface area contributed by atoms with E-state index in [4.69, 9.17) is 4.74 Å². The highest BCUT2D eigenvalue weighted by atomic mass is 16.5. The third kappa shape index (κ3) is 1.55. The van der Waals surface area contributed by atoms with Crippen molar-refractivity contribution >= 4 is 12.2 Å². The molecule has 0 aromatic rings. The predicted octanol–water partition coefficient (Wildman–Crippen LogP) is 0.418. The highest BCUT2D eigenvalue weighted by Crippen LogP contribution is 2.16. The fourth-order valence-corrected chi connectivity index (χ4v) is 1.49. The summed E-state index contributed by atoms with van der Waals surface area (Å²) in [6, 6.07) is 0. The van der Waals surface area contributed by atoms with Gasteiger partial charge in [0.05, 0.1) is 24.4 Å². The molecule has 0 bridgehead atoms. The first kappa shape index (κ1) is 8.99. The van der Waals surface area contributed by atoms with Gasteiger partial charge in [-0.25, -0.2) is 4.79 Å². The number of esters is 1. The SMILES string of the molecule is CCOC(=O)C1=CC2=C(C=NC2)NC1. The van der Waals surface area contributed by atoms with Gasteiger partial charge in [-0.05, 0) is 18.6 Å². The van der Waals surface area contributed by atoms with E-state index >= 15 is 0 Å². The van der Waals surface area contributed by atoms with Crippen LogP contribution in [0.4, 0.5) is 0 Å². The topological polar surface area (TPSA) is 50.7 Å². The molecule has 0 saturated carbocycles. The van der Waals surface area contributed by atoms with Crippen molar-refractivity contribution in [1.82, 2.24) is 5.32 Å². The van der Waals surface area contributed by atoms with Gasteiger partial charge in [0.25, 0.3) is 0 Å². The lowest BCUT2D eigenvalue weighted by Gasteiger charge is -2.15. The first-order valence-electron chi connectivity index (χ1n) is 4.66. The van der Waals surface area contributed by atoms with E-state index in [1.165, 1.54) is 0 Å². The molecular weight excluding hydrogens is 180 g/mol. The highest BCUT2D eigenvalue weighted by Gasteiger charge is 2.19. The molecule has 0 amide bonds. The predicted molar refractivity (Wildman–Crippen MR) is 53.1 cm³/mol. The third-order valence-corrected chi connectivity index (χ3v) is 2.18. The summed E-state index contributed by atoms with van der Waals surface area (Å²) in [6.07, 6.45) is 3.67. The summed E-state index contributed by atoms with van der Waals surface area (Å²) < 4.78 is 4.92. The molecule has 2 aliphatic heterocycles. The second-order valence-electron chi connectivity index (χ2n) is 3.15. The van der Waals surface area contributed by atoms with Crippen LogP contribution in [0, 0.1) is 0 Å². The van der Waals surface area contributed by atoms with E-state index in [9.17, 15) is 4.79 Å². The molecule has 0 radical (unpaired) electrons. The molecule has 0 atom stereocenters. The van der Waals surface area contributed by atoms with Gasteiger partial charge in [0.1, 0.15) is 0 Å². The Hall–Kier alpha value is -1.58. The molecular formula is C10H12N2O2. The average Bonchev–Trinajstić information content (AvgIpc) is 2.64. The lowest BCUT2D eigenvalue weighted by atomic mass is 10.1. The van der Waals surface area contributed by atoms with Crippen molar-refractivity contribution in [3.05, 3.63) is 22.9 Å². The van der Waals surface area contributed by atoms with Crippen LogP contribution in [0.2, 0.25) is 0 Å². The Kier molecular flexibility index (Phi) is 2.35. The average molecular weight is 192 g/mol. The Balaban J connectivity index is 2.13. The zero-order chi connectivity index (χ0) is 9.97. The van der Waals surface area contributed by atoms with Crippen molar-refractivity contribution in [3.8, 4) is 0 Å². The van der Waals surface area contributed by atoms with Crippen LogP contribution in [-0.4, -0.2) is 31.9 Å². The largest absolute Gasteiger partial charge is 0.463 e. The Morgan fingerprint density at radius 2 is 2.57 bits per heavy atom. The van der Waals surface area contributed by atoms with Gasteiger partial charge in [-0.2, -0.15) is 0 Å². The van der Waals surface area contributed by atoms with Crippen LogP contribution >= 0.6 is 0 Å². The summed E-state index contributed by atoms with van der Waals surface area (Å²) in [5.74, 6) is -0.238. The lowest BCUT2D eigenvalue weighted by molar-refractivity contribution is -0.138. The van der Waals surface area contributed by atoms with E-state index in [0.29, 0.717) is 25.3 Å². The zero-order valence-corrected chi connectivity index (χ0v) is 8.04. The Morgan fingerprint density at radius 3 is 3.36 bits per heavy atom. The maximum absolute atomic E-state index is 11.4. The molecule has 0 aliphatic carbocycles. The second-order valence-corrected chi connectivity index (χ2v) is 3.15. The minimum Gasteiger partial charge on any atom is -0.463 e. The minimum atomic E-state index is -0.238. The normalized spacial score (nSPS) is 18.8. The Morgan fingerprint density at radius 1 is 1.71 bits per heavy atom. The number of hydrogen-bond donors (Lipinski definition) is 1. The number of ether oxygens (including phenoxy) is 1. The van der Waals surface area contributed by atoms with Crippen LogP contribution in [0.1, 0.15) is 6.92 Å². The summed E-state index contributed by atoms with van der Waals surface area (Å²) in [6.45, 7) is 3.41. The molecule has 1 N–H and O–H groups in total. The van der Waals surface area contributed by atoms with Crippen LogP contribution in [-0.2, 0) is 9.53 Å². The van der Waals surface area contributed by atoms with Crippen LogP contribution < -0.4 is 5.32 Å². The molecule has 0 aromatic heterocycles. The molecule has 0 spiro atoms. The van der Waals surface area contributed by atoms with Crippen LogP contribution in [0.5, 0.6) is 0 Å². The summed E-state index contributed by atoms with van der Waals surface area (Å²) >= 11 is 0. The first-order valence-corrected chi connectivity index (χ1v) is 4.66. The number of hydrogen-bond acceptors (Lipinski definition) is 4. The van der Waals surface area contributed by atoms with Gasteiger partial charge in [-0.3, -0.25) is 4.99 Å². The molecule has 0 saturated heterocycles.